The van der Waals surface area contributed by atoms with Gasteiger partial charge in [0.25, 0.3) is 0 Å². The van der Waals surface area contributed by atoms with Crippen LogP contribution in [0, 0.1) is 5.82 Å². The van der Waals surface area contributed by atoms with Gasteiger partial charge in [-0.3, -0.25) is 4.90 Å². The number of piperazine rings is 1. The van der Waals surface area contributed by atoms with Gasteiger partial charge in [0.1, 0.15) is 5.82 Å². The molecule has 1 saturated heterocycles. The van der Waals surface area contributed by atoms with E-state index in [1.54, 1.807) is 6.07 Å². The third kappa shape index (κ3) is 4.04. The summed E-state index contributed by atoms with van der Waals surface area (Å²) in [5.74, 6) is -1.46. The van der Waals surface area contributed by atoms with E-state index >= 15 is 0 Å². The summed E-state index contributed by atoms with van der Waals surface area (Å²) in [4.78, 5) is 15.2. The maximum Gasteiger partial charge on any atom is 0.328 e. The summed E-state index contributed by atoms with van der Waals surface area (Å²) in [5.41, 5.74) is 1.12. The monoisotopic (exact) mass is 292 g/mol. The second kappa shape index (κ2) is 7.22. The van der Waals surface area contributed by atoms with Crippen molar-refractivity contribution in [3.63, 3.8) is 0 Å². The first kappa shape index (κ1) is 15.5. The van der Waals surface area contributed by atoms with Crippen molar-refractivity contribution in [2.75, 3.05) is 37.6 Å². The molecule has 1 aliphatic rings. The molecule has 1 aromatic carbocycles. The van der Waals surface area contributed by atoms with Crippen LogP contribution in [-0.4, -0.2) is 48.7 Å². The highest BCUT2D eigenvalue weighted by Crippen LogP contribution is 2.25. The van der Waals surface area contributed by atoms with Crippen molar-refractivity contribution in [1.29, 1.82) is 0 Å². The summed E-state index contributed by atoms with van der Waals surface area (Å²) in [6.07, 6.45) is 3.45. The first-order chi connectivity index (χ1) is 10.1. The molecule has 0 bridgehead atoms. The Kier molecular flexibility index (Phi) is 5.33. The summed E-state index contributed by atoms with van der Waals surface area (Å²) in [6, 6.07) is 4.87. The molecule has 2 rings (SSSR count). The summed E-state index contributed by atoms with van der Waals surface area (Å²) in [5, 5.41) is 8.73. The van der Waals surface area contributed by atoms with Gasteiger partial charge >= 0.3 is 5.97 Å². The van der Waals surface area contributed by atoms with Crippen molar-refractivity contribution in [2.24, 2.45) is 0 Å². The molecule has 0 aliphatic carbocycles. The Balaban J connectivity index is 2.17. The lowest BCUT2D eigenvalue weighted by Crippen LogP contribution is -2.46. The lowest BCUT2D eigenvalue weighted by molar-refractivity contribution is -0.131. The van der Waals surface area contributed by atoms with Crippen LogP contribution < -0.4 is 4.90 Å². The van der Waals surface area contributed by atoms with Gasteiger partial charge in [0.2, 0.25) is 0 Å². The van der Waals surface area contributed by atoms with Gasteiger partial charge in [0, 0.05) is 43.5 Å². The first-order valence-electron chi connectivity index (χ1n) is 7.28. The maximum atomic E-state index is 14.0. The molecule has 1 aliphatic heterocycles. The van der Waals surface area contributed by atoms with Crippen LogP contribution >= 0.6 is 0 Å². The molecular formula is C16H21FN2O2. The molecule has 1 heterocycles. The Morgan fingerprint density at radius 1 is 1.33 bits per heavy atom. The molecule has 0 radical (unpaired) electrons. The molecule has 0 spiro atoms. The fourth-order valence-corrected chi connectivity index (χ4v) is 2.65. The van der Waals surface area contributed by atoms with E-state index in [-0.39, 0.29) is 5.82 Å². The maximum absolute atomic E-state index is 14.0. The number of halogens is 1. The van der Waals surface area contributed by atoms with Crippen LogP contribution in [0.25, 0.3) is 6.08 Å². The molecule has 0 aromatic heterocycles. The second-order valence-corrected chi connectivity index (χ2v) is 5.17. The van der Waals surface area contributed by atoms with Crippen LogP contribution in [-0.2, 0) is 4.79 Å². The molecule has 5 heteroatoms. The normalized spacial score (nSPS) is 16.6. The minimum atomic E-state index is -1.07. The number of aliphatic carboxylic acids is 1. The summed E-state index contributed by atoms with van der Waals surface area (Å²) in [6.45, 7) is 6.81. The van der Waals surface area contributed by atoms with Crippen molar-refractivity contribution in [3.05, 3.63) is 35.7 Å². The van der Waals surface area contributed by atoms with Crippen molar-refractivity contribution < 1.29 is 14.3 Å². The van der Waals surface area contributed by atoms with Crippen LogP contribution in [0.3, 0.4) is 0 Å². The van der Waals surface area contributed by atoms with Crippen LogP contribution in [0.15, 0.2) is 24.3 Å². The molecule has 4 nitrogen and oxygen atoms in total. The molecule has 0 unspecified atom stereocenters. The number of anilines is 1. The number of nitrogens with zero attached hydrogens (tertiary/aromatic N) is 2. The van der Waals surface area contributed by atoms with Gasteiger partial charge in [-0.15, -0.1) is 0 Å². The molecule has 1 N–H and O–H groups in total. The number of rotatable bonds is 5. The zero-order valence-corrected chi connectivity index (χ0v) is 12.3. The minimum Gasteiger partial charge on any atom is -0.478 e. The third-order valence-corrected chi connectivity index (χ3v) is 3.68. The molecule has 0 amide bonds. The number of benzene rings is 1. The fraction of sp³-hybridized carbons (Fsp3) is 0.438. The molecule has 1 aromatic rings. The first-order valence-corrected chi connectivity index (χ1v) is 7.28. The lowest BCUT2D eigenvalue weighted by atomic mass is 10.1. The van der Waals surface area contributed by atoms with Gasteiger partial charge in [-0.05, 0) is 31.2 Å². The zero-order valence-electron chi connectivity index (χ0n) is 12.3. The summed E-state index contributed by atoms with van der Waals surface area (Å²) < 4.78 is 14.0. The number of carboxylic acid groups (broad SMARTS) is 1. The van der Waals surface area contributed by atoms with Crippen LogP contribution in [0.4, 0.5) is 10.1 Å². The largest absolute Gasteiger partial charge is 0.478 e. The standard InChI is InChI=1S/C16H21FN2O2/c1-2-8-18-9-11-19(12-10-18)15-5-3-4-14(17)13(15)6-7-16(20)21/h3-7H,2,8-12H2,1H3,(H,20,21)/b7-6+. The molecular weight excluding hydrogens is 271 g/mol. The van der Waals surface area contributed by atoms with Gasteiger partial charge in [-0.1, -0.05) is 13.0 Å². The predicted octanol–water partition coefficient (Wildman–Crippen LogP) is 2.46. The van der Waals surface area contributed by atoms with E-state index in [4.69, 9.17) is 5.11 Å². The number of hydrogen-bond donors (Lipinski definition) is 1. The summed E-state index contributed by atoms with van der Waals surface area (Å²) >= 11 is 0. The van der Waals surface area contributed by atoms with Crippen molar-refractivity contribution >= 4 is 17.7 Å². The van der Waals surface area contributed by atoms with Crippen molar-refractivity contribution in [2.45, 2.75) is 13.3 Å². The SMILES string of the molecule is CCCN1CCN(c2cccc(F)c2/C=C/C(=O)O)CC1. The van der Waals surface area contributed by atoms with E-state index in [9.17, 15) is 9.18 Å². The molecule has 114 valence electrons. The molecule has 0 atom stereocenters. The topological polar surface area (TPSA) is 43.8 Å². The minimum absolute atomic E-state index is 0.351. The Morgan fingerprint density at radius 3 is 2.67 bits per heavy atom. The number of carbonyl (C=O) groups is 1. The molecule has 0 saturated carbocycles. The van der Waals surface area contributed by atoms with E-state index < -0.39 is 5.97 Å². The van der Waals surface area contributed by atoms with E-state index in [0.29, 0.717) is 5.56 Å². The Morgan fingerprint density at radius 2 is 2.05 bits per heavy atom. The van der Waals surface area contributed by atoms with E-state index in [0.717, 1.165) is 50.9 Å². The second-order valence-electron chi connectivity index (χ2n) is 5.17. The van der Waals surface area contributed by atoms with Gasteiger partial charge in [0.15, 0.2) is 0 Å². The quantitative estimate of drug-likeness (QED) is 0.847. The smallest absolute Gasteiger partial charge is 0.328 e. The highest BCUT2D eigenvalue weighted by molar-refractivity contribution is 5.87. The summed E-state index contributed by atoms with van der Waals surface area (Å²) in [7, 11) is 0. The van der Waals surface area contributed by atoms with E-state index in [1.165, 1.54) is 12.1 Å². The Bertz CT molecular complexity index is 523. The molecule has 21 heavy (non-hydrogen) atoms. The highest BCUT2D eigenvalue weighted by atomic mass is 19.1. The lowest BCUT2D eigenvalue weighted by Gasteiger charge is -2.36. The van der Waals surface area contributed by atoms with Crippen molar-refractivity contribution in [1.82, 2.24) is 4.90 Å². The van der Waals surface area contributed by atoms with Gasteiger partial charge in [-0.25, -0.2) is 9.18 Å². The van der Waals surface area contributed by atoms with E-state index in [2.05, 4.69) is 16.7 Å². The van der Waals surface area contributed by atoms with Gasteiger partial charge in [-0.2, -0.15) is 0 Å². The number of carboxylic acids is 1. The fourth-order valence-electron chi connectivity index (χ4n) is 2.65. The van der Waals surface area contributed by atoms with Gasteiger partial charge < -0.3 is 10.0 Å². The van der Waals surface area contributed by atoms with Crippen LogP contribution in [0.5, 0.6) is 0 Å². The Hall–Kier alpha value is -1.88. The molecule has 1 fully saturated rings. The van der Waals surface area contributed by atoms with Crippen molar-refractivity contribution in [3.8, 4) is 0 Å². The van der Waals surface area contributed by atoms with Crippen LogP contribution in [0.2, 0.25) is 0 Å². The predicted molar refractivity (Wildman–Crippen MR) is 82.0 cm³/mol. The Labute approximate surface area is 124 Å². The zero-order chi connectivity index (χ0) is 15.2. The average molecular weight is 292 g/mol. The number of hydrogen-bond acceptors (Lipinski definition) is 3. The highest BCUT2D eigenvalue weighted by Gasteiger charge is 2.19. The van der Waals surface area contributed by atoms with Crippen LogP contribution in [0.1, 0.15) is 18.9 Å². The van der Waals surface area contributed by atoms with Gasteiger partial charge in [0.05, 0.1) is 0 Å². The van der Waals surface area contributed by atoms with E-state index in [1.807, 2.05) is 6.07 Å². The average Bonchev–Trinajstić information content (AvgIpc) is 2.47. The third-order valence-electron chi connectivity index (χ3n) is 3.68.